The second kappa shape index (κ2) is 8.69. The standard InChI is InChI=1S/C22H13ClF5N3O4/c23-14-2-1-11(24)6-13(14)18-19-15(7-16(21(34)35)31(19)8-17(32)30-18)29-20(33)9-3-10(22(26,27)28)5-12(25)4-9/h1-7,18H,8H2,(H,29,33)(H,30,32)(H,34,35)/t18-/m1/s1. The molecule has 0 bridgehead atoms. The van der Waals surface area contributed by atoms with Gasteiger partial charge in [-0.25, -0.2) is 13.6 Å². The molecule has 0 radical (unpaired) electrons. The summed E-state index contributed by atoms with van der Waals surface area (Å²) in [6.45, 7) is -0.478. The van der Waals surface area contributed by atoms with Crippen LogP contribution in [0.5, 0.6) is 0 Å². The summed E-state index contributed by atoms with van der Waals surface area (Å²) in [6.07, 6.45) is -4.92. The lowest BCUT2D eigenvalue weighted by molar-refractivity contribution is -0.137. The largest absolute Gasteiger partial charge is 0.477 e. The van der Waals surface area contributed by atoms with Crippen molar-refractivity contribution in [1.82, 2.24) is 9.88 Å². The highest BCUT2D eigenvalue weighted by atomic mass is 35.5. The van der Waals surface area contributed by atoms with Crippen LogP contribution in [-0.4, -0.2) is 27.5 Å². The van der Waals surface area contributed by atoms with E-state index in [0.717, 1.165) is 22.8 Å². The van der Waals surface area contributed by atoms with Gasteiger partial charge in [-0.3, -0.25) is 9.59 Å². The molecule has 0 fully saturated rings. The summed E-state index contributed by atoms with van der Waals surface area (Å²) in [5.41, 5.74) is -2.71. The van der Waals surface area contributed by atoms with Crippen LogP contribution in [0.4, 0.5) is 27.6 Å². The van der Waals surface area contributed by atoms with Crippen molar-refractivity contribution in [2.75, 3.05) is 5.32 Å². The fourth-order valence-corrected chi connectivity index (χ4v) is 4.01. The van der Waals surface area contributed by atoms with Crippen LogP contribution in [0.1, 0.15) is 43.7 Å². The molecule has 7 nitrogen and oxygen atoms in total. The molecule has 2 amide bonds. The zero-order valence-corrected chi connectivity index (χ0v) is 18.0. The van der Waals surface area contributed by atoms with Gasteiger partial charge < -0.3 is 20.3 Å². The van der Waals surface area contributed by atoms with Gasteiger partial charge in [0.1, 0.15) is 23.9 Å². The van der Waals surface area contributed by atoms with E-state index < -0.39 is 65.0 Å². The Morgan fingerprint density at radius 2 is 1.80 bits per heavy atom. The zero-order valence-electron chi connectivity index (χ0n) is 17.2. The van der Waals surface area contributed by atoms with Gasteiger partial charge >= 0.3 is 12.1 Å². The summed E-state index contributed by atoms with van der Waals surface area (Å²) in [7, 11) is 0. The van der Waals surface area contributed by atoms with Crippen LogP contribution in [0.3, 0.4) is 0 Å². The Kier molecular flexibility index (Phi) is 6.01. The Bertz CT molecular complexity index is 1390. The molecule has 2 heterocycles. The van der Waals surface area contributed by atoms with E-state index in [4.69, 9.17) is 11.6 Å². The molecule has 35 heavy (non-hydrogen) atoms. The first-order chi connectivity index (χ1) is 16.3. The SMILES string of the molecule is O=C1Cn2c(C(=O)O)cc(NC(=O)c3cc(F)cc(C(F)(F)F)c3)c2[C@@H](c2cc(F)ccc2Cl)N1. The summed E-state index contributed by atoms with van der Waals surface area (Å²) in [5, 5.41) is 14.4. The molecule has 0 saturated heterocycles. The molecule has 0 spiro atoms. The first-order valence-electron chi connectivity index (χ1n) is 9.75. The number of anilines is 1. The minimum absolute atomic E-state index is 0.0143. The number of rotatable bonds is 4. The van der Waals surface area contributed by atoms with Crippen LogP contribution in [-0.2, 0) is 17.5 Å². The third-order valence-electron chi connectivity index (χ3n) is 5.24. The Morgan fingerprint density at radius 3 is 2.46 bits per heavy atom. The number of halogens is 6. The van der Waals surface area contributed by atoms with Crippen molar-refractivity contribution in [2.24, 2.45) is 0 Å². The number of alkyl halides is 3. The number of amides is 2. The normalized spacial score (nSPS) is 15.4. The number of hydrogen-bond donors (Lipinski definition) is 3. The Labute approximate surface area is 198 Å². The van der Waals surface area contributed by atoms with Crippen LogP contribution in [0.15, 0.2) is 42.5 Å². The van der Waals surface area contributed by atoms with Crippen LogP contribution in [0.2, 0.25) is 5.02 Å². The van der Waals surface area contributed by atoms with Crippen molar-refractivity contribution in [3.8, 4) is 0 Å². The molecule has 0 aliphatic carbocycles. The predicted octanol–water partition coefficient (Wildman–Crippen LogP) is 4.61. The van der Waals surface area contributed by atoms with Crippen molar-refractivity contribution in [2.45, 2.75) is 18.8 Å². The molecule has 0 unspecified atom stereocenters. The van der Waals surface area contributed by atoms with Crippen molar-refractivity contribution < 1.29 is 41.4 Å². The average molecular weight is 514 g/mol. The second-order valence-electron chi connectivity index (χ2n) is 7.57. The number of benzene rings is 2. The molecule has 1 atom stereocenters. The van der Waals surface area contributed by atoms with Gasteiger partial charge in [-0.1, -0.05) is 11.6 Å². The minimum atomic E-state index is -4.92. The van der Waals surface area contributed by atoms with Crippen LogP contribution in [0.25, 0.3) is 0 Å². The highest BCUT2D eigenvalue weighted by Gasteiger charge is 2.35. The van der Waals surface area contributed by atoms with E-state index in [9.17, 15) is 41.4 Å². The summed E-state index contributed by atoms with van der Waals surface area (Å²) in [5.74, 6) is -5.33. The molecule has 3 N–H and O–H groups in total. The summed E-state index contributed by atoms with van der Waals surface area (Å²) < 4.78 is 67.9. The molecule has 13 heteroatoms. The molecule has 1 aromatic heterocycles. The predicted molar refractivity (Wildman–Crippen MR) is 112 cm³/mol. The first kappa shape index (κ1) is 24.2. The molecular formula is C22H13ClF5N3O4. The number of nitrogens with one attached hydrogen (secondary N) is 2. The number of aromatic nitrogens is 1. The Morgan fingerprint density at radius 1 is 1.09 bits per heavy atom. The van der Waals surface area contributed by atoms with Crippen LogP contribution in [0, 0.1) is 11.6 Å². The number of carboxylic acid groups (broad SMARTS) is 1. The smallest absolute Gasteiger partial charge is 0.416 e. The lowest BCUT2D eigenvalue weighted by Crippen LogP contribution is -2.40. The molecule has 182 valence electrons. The third-order valence-corrected chi connectivity index (χ3v) is 5.59. The van der Waals surface area contributed by atoms with Gasteiger partial charge in [-0.05, 0) is 42.5 Å². The highest BCUT2D eigenvalue weighted by Crippen LogP contribution is 2.38. The molecule has 2 aromatic carbocycles. The first-order valence-corrected chi connectivity index (χ1v) is 10.1. The Hall–Kier alpha value is -3.93. The Balaban J connectivity index is 1.83. The molecule has 3 aromatic rings. The summed E-state index contributed by atoms with van der Waals surface area (Å²) >= 11 is 6.17. The monoisotopic (exact) mass is 513 g/mol. The van der Waals surface area contributed by atoms with Gasteiger partial charge in [0, 0.05) is 16.1 Å². The van der Waals surface area contributed by atoms with Gasteiger partial charge in [0.15, 0.2) is 0 Å². The highest BCUT2D eigenvalue weighted by molar-refractivity contribution is 6.31. The molecule has 4 rings (SSSR count). The number of carbonyl (C=O) groups is 3. The van der Waals surface area contributed by atoms with E-state index in [2.05, 4.69) is 10.6 Å². The topological polar surface area (TPSA) is 100 Å². The second-order valence-corrected chi connectivity index (χ2v) is 7.97. The van der Waals surface area contributed by atoms with Gasteiger partial charge in [-0.2, -0.15) is 13.2 Å². The zero-order chi connectivity index (χ0) is 25.7. The molecule has 0 saturated carbocycles. The summed E-state index contributed by atoms with van der Waals surface area (Å²) in [6, 6.07) is 4.27. The van der Waals surface area contributed by atoms with Crippen molar-refractivity contribution >= 4 is 35.1 Å². The lowest BCUT2D eigenvalue weighted by atomic mass is 10.0. The van der Waals surface area contributed by atoms with E-state index in [-0.39, 0.29) is 28.0 Å². The van der Waals surface area contributed by atoms with Gasteiger partial charge in [-0.15, -0.1) is 0 Å². The fraction of sp³-hybridized carbons (Fsp3) is 0.136. The van der Waals surface area contributed by atoms with E-state index in [1.807, 2.05) is 0 Å². The number of hydrogen-bond acceptors (Lipinski definition) is 3. The average Bonchev–Trinajstić information content (AvgIpc) is 3.12. The van der Waals surface area contributed by atoms with Crippen molar-refractivity contribution in [1.29, 1.82) is 0 Å². The van der Waals surface area contributed by atoms with Gasteiger partial charge in [0.25, 0.3) is 5.91 Å². The number of aromatic carboxylic acids is 1. The number of fused-ring (bicyclic) bond motifs is 1. The molecular weight excluding hydrogens is 501 g/mol. The lowest BCUT2D eigenvalue weighted by Gasteiger charge is -2.29. The number of nitrogens with zero attached hydrogens (tertiary/aromatic N) is 1. The molecule has 1 aliphatic heterocycles. The third kappa shape index (κ3) is 4.69. The number of carbonyl (C=O) groups excluding carboxylic acids is 2. The van der Waals surface area contributed by atoms with Crippen LogP contribution < -0.4 is 10.6 Å². The maximum absolute atomic E-state index is 13.9. The number of carboxylic acids is 1. The van der Waals surface area contributed by atoms with Gasteiger partial charge in [0.05, 0.1) is 23.0 Å². The maximum Gasteiger partial charge on any atom is 0.416 e. The van der Waals surface area contributed by atoms with Crippen molar-refractivity contribution in [3.63, 3.8) is 0 Å². The maximum atomic E-state index is 13.9. The van der Waals surface area contributed by atoms with Crippen LogP contribution >= 0.6 is 11.6 Å². The molecule has 1 aliphatic rings. The summed E-state index contributed by atoms with van der Waals surface area (Å²) in [4.78, 5) is 36.9. The quantitative estimate of drug-likeness (QED) is 0.444. The van der Waals surface area contributed by atoms with E-state index >= 15 is 0 Å². The fourth-order valence-electron chi connectivity index (χ4n) is 3.78. The van der Waals surface area contributed by atoms with Crippen molar-refractivity contribution in [3.05, 3.63) is 87.2 Å². The van der Waals surface area contributed by atoms with E-state index in [0.29, 0.717) is 12.1 Å². The van der Waals surface area contributed by atoms with E-state index in [1.165, 1.54) is 6.07 Å². The van der Waals surface area contributed by atoms with Gasteiger partial charge in [0.2, 0.25) is 5.91 Å². The van der Waals surface area contributed by atoms with E-state index in [1.54, 1.807) is 0 Å². The minimum Gasteiger partial charge on any atom is -0.477 e.